The molecule has 246 valence electrons. The van der Waals surface area contributed by atoms with Crippen molar-refractivity contribution < 1.29 is 22.7 Å². The van der Waals surface area contributed by atoms with Gasteiger partial charge in [0.2, 0.25) is 10.0 Å². The van der Waals surface area contributed by atoms with Crippen LogP contribution in [0.1, 0.15) is 74.6 Å². The lowest BCUT2D eigenvalue weighted by atomic mass is 10.1. The van der Waals surface area contributed by atoms with Crippen LogP contribution in [0.5, 0.6) is 0 Å². The molecular weight excluding hydrogens is 620 g/mol. The van der Waals surface area contributed by atoms with Crippen LogP contribution in [0.4, 0.5) is 16.3 Å². The van der Waals surface area contributed by atoms with Crippen LogP contribution in [0.25, 0.3) is 5.65 Å². The number of rotatable bonds is 11. The van der Waals surface area contributed by atoms with Gasteiger partial charge in [-0.05, 0) is 78.6 Å². The molecule has 1 saturated heterocycles. The maximum Gasteiger partial charge on any atom is 0.407 e. The third kappa shape index (κ3) is 8.98. The molecule has 3 aromatic rings. The summed E-state index contributed by atoms with van der Waals surface area (Å²) in [5.74, 6) is 0.400. The number of hydrogen-bond donors (Lipinski definition) is 3. The number of hydrogen-bond acceptors (Lipinski definition) is 9. The van der Waals surface area contributed by atoms with E-state index in [1.54, 1.807) is 9.42 Å². The van der Waals surface area contributed by atoms with Gasteiger partial charge in [-0.1, -0.05) is 11.6 Å². The molecule has 1 aliphatic rings. The number of benzene rings is 1. The van der Waals surface area contributed by atoms with E-state index in [0.717, 1.165) is 30.6 Å². The Morgan fingerprint density at radius 2 is 1.98 bits per heavy atom. The lowest BCUT2D eigenvalue weighted by molar-refractivity contribution is 0.0508. The van der Waals surface area contributed by atoms with Gasteiger partial charge in [0, 0.05) is 42.5 Å². The second-order valence-electron chi connectivity index (χ2n) is 12.4. The Kier molecular flexibility index (Phi) is 10.5. The van der Waals surface area contributed by atoms with Crippen molar-refractivity contribution in [3.63, 3.8) is 0 Å². The van der Waals surface area contributed by atoms with E-state index < -0.39 is 33.7 Å². The van der Waals surface area contributed by atoms with Gasteiger partial charge in [-0.15, -0.1) is 0 Å². The Hall–Kier alpha value is -3.62. The first-order chi connectivity index (χ1) is 21.0. The van der Waals surface area contributed by atoms with Gasteiger partial charge in [0.1, 0.15) is 11.4 Å². The molecule has 0 bridgehead atoms. The Morgan fingerprint density at radius 3 is 2.64 bits per heavy atom. The predicted molar refractivity (Wildman–Crippen MR) is 175 cm³/mol. The van der Waals surface area contributed by atoms with Crippen molar-refractivity contribution in [2.24, 2.45) is 5.73 Å². The number of amides is 2. The van der Waals surface area contributed by atoms with Crippen LogP contribution >= 0.6 is 11.6 Å². The average molecular weight is 663 g/mol. The first-order valence-electron chi connectivity index (χ1n) is 14.9. The Morgan fingerprint density at radius 1 is 1.24 bits per heavy atom. The van der Waals surface area contributed by atoms with Crippen LogP contribution in [0.2, 0.25) is 5.02 Å². The van der Waals surface area contributed by atoms with Crippen molar-refractivity contribution in [1.29, 1.82) is 0 Å². The second kappa shape index (κ2) is 13.8. The summed E-state index contributed by atoms with van der Waals surface area (Å²) in [6.45, 7) is 11.5. The molecule has 4 N–H and O–H groups in total. The molecule has 2 amide bonds. The summed E-state index contributed by atoms with van der Waals surface area (Å²) in [5, 5.41) is 8.01. The normalized spacial score (nSPS) is 16.1. The van der Waals surface area contributed by atoms with Crippen LogP contribution in [-0.4, -0.2) is 84.0 Å². The van der Waals surface area contributed by atoms with Gasteiger partial charge in [0.05, 0.1) is 35.3 Å². The highest BCUT2D eigenvalue weighted by Crippen LogP contribution is 2.29. The smallest absolute Gasteiger partial charge is 0.407 e. The summed E-state index contributed by atoms with van der Waals surface area (Å²) >= 11 is 6.24. The van der Waals surface area contributed by atoms with E-state index in [-0.39, 0.29) is 17.3 Å². The SMILES string of the molecule is Cc1cn2nc([C@H](C)N(CCCCN)C(=O)c3cc(Cl)ccc3NS(C)(=O)=O)cc2nc1N1CC[C@H](NC(=O)OC(C)(C)C)C1. The quantitative estimate of drug-likeness (QED) is 0.256. The summed E-state index contributed by atoms with van der Waals surface area (Å²) in [7, 11) is -3.65. The summed E-state index contributed by atoms with van der Waals surface area (Å²) in [6.07, 6.45) is 4.59. The molecule has 13 nitrogen and oxygen atoms in total. The summed E-state index contributed by atoms with van der Waals surface area (Å²) in [5.41, 5.74) is 7.58. The van der Waals surface area contributed by atoms with Crippen molar-refractivity contribution in [1.82, 2.24) is 24.8 Å². The van der Waals surface area contributed by atoms with E-state index in [4.69, 9.17) is 32.2 Å². The molecule has 1 aromatic carbocycles. The molecule has 0 spiro atoms. The van der Waals surface area contributed by atoms with Gasteiger partial charge in [-0.3, -0.25) is 9.52 Å². The average Bonchev–Trinajstić information content (AvgIpc) is 3.55. The van der Waals surface area contributed by atoms with E-state index >= 15 is 0 Å². The van der Waals surface area contributed by atoms with Gasteiger partial charge in [-0.25, -0.2) is 22.7 Å². The zero-order chi connectivity index (χ0) is 33.1. The van der Waals surface area contributed by atoms with E-state index in [1.807, 2.05) is 46.9 Å². The van der Waals surface area contributed by atoms with Crippen LogP contribution in [0, 0.1) is 6.92 Å². The number of fused-ring (bicyclic) bond motifs is 1. The Balaban J connectivity index is 1.59. The van der Waals surface area contributed by atoms with Crippen LogP contribution in [-0.2, 0) is 14.8 Å². The van der Waals surface area contributed by atoms with Gasteiger partial charge < -0.3 is 25.6 Å². The number of ether oxygens (including phenoxy) is 1. The predicted octanol–water partition coefficient (Wildman–Crippen LogP) is 4.11. The number of carbonyl (C=O) groups excluding carboxylic acids is 2. The lowest BCUT2D eigenvalue weighted by Crippen LogP contribution is -2.40. The van der Waals surface area contributed by atoms with E-state index in [9.17, 15) is 18.0 Å². The number of nitrogens with one attached hydrogen (secondary N) is 2. The minimum atomic E-state index is -3.65. The van der Waals surface area contributed by atoms with Gasteiger partial charge in [0.25, 0.3) is 5.91 Å². The number of alkyl carbamates (subject to hydrolysis) is 1. The van der Waals surface area contributed by atoms with E-state index in [1.165, 1.54) is 18.2 Å². The third-order valence-corrected chi connectivity index (χ3v) is 8.18. The lowest BCUT2D eigenvalue weighted by Gasteiger charge is -2.29. The second-order valence-corrected chi connectivity index (χ2v) is 14.6. The zero-order valence-corrected chi connectivity index (χ0v) is 28.2. The molecule has 2 atom stereocenters. The number of anilines is 2. The standard InChI is InChI=1S/C30H43ClN8O5S/c1-19-17-39-26(34-27(19)37-14-11-22(18-37)33-29(41)44-30(3,4)5)16-25(35-39)20(2)38(13-8-7-12-32)28(40)23-15-21(31)9-10-24(23)36-45(6,42)43/h9-10,15-17,20,22,36H,7-8,11-14,18,32H2,1-6H3,(H,33,41)/t20-,22-/m0/s1. The molecule has 4 rings (SSSR count). The molecule has 0 unspecified atom stereocenters. The minimum Gasteiger partial charge on any atom is -0.444 e. The fraction of sp³-hybridized carbons (Fsp3) is 0.533. The molecule has 0 saturated carbocycles. The minimum absolute atomic E-state index is 0.0700. The molecular formula is C30H43ClN8O5S. The fourth-order valence-corrected chi connectivity index (χ4v) is 6.03. The van der Waals surface area contributed by atoms with Gasteiger partial charge in [-0.2, -0.15) is 5.10 Å². The highest BCUT2D eigenvalue weighted by atomic mass is 35.5. The molecule has 15 heteroatoms. The largest absolute Gasteiger partial charge is 0.444 e. The number of aromatic nitrogens is 3. The van der Waals surface area contributed by atoms with E-state index in [2.05, 4.69) is 14.9 Å². The van der Waals surface area contributed by atoms with Crippen molar-refractivity contribution in [2.75, 3.05) is 42.1 Å². The molecule has 3 heterocycles. The summed E-state index contributed by atoms with van der Waals surface area (Å²) < 4.78 is 33.6. The zero-order valence-electron chi connectivity index (χ0n) is 26.6. The monoisotopic (exact) mass is 662 g/mol. The molecule has 0 aliphatic carbocycles. The van der Waals surface area contributed by atoms with Crippen LogP contribution in [0.15, 0.2) is 30.5 Å². The Bertz CT molecular complexity index is 1660. The van der Waals surface area contributed by atoms with Gasteiger partial charge >= 0.3 is 6.09 Å². The number of carbonyl (C=O) groups is 2. The first kappa shape index (κ1) is 34.3. The molecule has 1 fully saturated rings. The van der Waals surface area contributed by atoms with Gasteiger partial charge in [0.15, 0.2) is 5.65 Å². The summed E-state index contributed by atoms with van der Waals surface area (Å²) in [6, 6.07) is 5.75. The van der Waals surface area contributed by atoms with Crippen molar-refractivity contribution in [3.8, 4) is 0 Å². The number of nitrogens with two attached hydrogens (primary N) is 1. The van der Waals surface area contributed by atoms with E-state index in [0.29, 0.717) is 48.8 Å². The topological polar surface area (TPSA) is 164 Å². The fourth-order valence-electron chi connectivity index (χ4n) is 5.28. The number of halogens is 1. The maximum atomic E-state index is 14.0. The Labute approximate surface area is 269 Å². The third-order valence-electron chi connectivity index (χ3n) is 7.35. The molecule has 2 aromatic heterocycles. The number of unbranched alkanes of at least 4 members (excludes halogenated alkanes) is 1. The molecule has 1 aliphatic heterocycles. The first-order valence-corrected chi connectivity index (χ1v) is 17.2. The van der Waals surface area contributed by atoms with Crippen molar-refractivity contribution in [2.45, 2.75) is 71.6 Å². The number of nitrogens with zero attached hydrogens (tertiary/aromatic N) is 5. The maximum absolute atomic E-state index is 14.0. The van der Waals surface area contributed by atoms with Crippen LogP contribution < -0.4 is 20.7 Å². The number of sulfonamides is 1. The summed E-state index contributed by atoms with van der Waals surface area (Å²) in [4.78, 5) is 35.0. The van der Waals surface area contributed by atoms with Crippen molar-refractivity contribution in [3.05, 3.63) is 52.3 Å². The highest BCUT2D eigenvalue weighted by molar-refractivity contribution is 7.92. The van der Waals surface area contributed by atoms with Crippen LogP contribution in [0.3, 0.4) is 0 Å². The highest BCUT2D eigenvalue weighted by Gasteiger charge is 2.30. The number of aryl methyl sites for hydroxylation is 1. The molecule has 0 radical (unpaired) electrons. The molecule has 45 heavy (non-hydrogen) atoms. The van der Waals surface area contributed by atoms with Crippen molar-refractivity contribution >= 4 is 50.8 Å².